The number of ether oxygens (including phenoxy) is 1. The van der Waals surface area contributed by atoms with E-state index in [1.54, 1.807) is 7.11 Å². The maximum absolute atomic E-state index is 5.30. The van der Waals surface area contributed by atoms with Crippen LogP contribution in [0.1, 0.15) is 48.0 Å². The molecular formula is C13H29NO. The fraction of sp³-hybridized carbons (Fsp3) is 1.00. The van der Waals surface area contributed by atoms with Crippen molar-refractivity contribution in [3.05, 3.63) is 0 Å². The van der Waals surface area contributed by atoms with Gasteiger partial charge >= 0.3 is 0 Å². The molecule has 15 heavy (non-hydrogen) atoms. The van der Waals surface area contributed by atoms with E-state index in [1.807, 2.05) is 0 Å². The minimum absolute atomic E-state index is 0.278. The summed E-state index contributed by atoms with van der Waals surface area (Å²) in [5.41, 5.74) is 0.371. The van der Waals surface area contributed by atoms with Crippen molar-refractivity contribution in [3.63, 3.8) is 0 Å². The van der Waals surface area contributed by atoms with E-state index in [0.29, 0.717) is 11.5 Å². The molecule has 1 N–H and O–H groups in total. The molecule has 0 fully saturated rings. The quantitative estimate of drug-likeness (QED) is 0.704. The van der Waals surface area contributed by atoms with E-state index in [-0.39, 0.29) is 6.10 Å². The molecule has 2 atom stereocenters. The Morgan fingerprint density at radius 2 is 1.67 bits per heavy atom. The van der Waals surface area contributed by atoms with Gasteiger partial charge in [-0.05, 0) is 31.6 Å². The molecule has 0 aliphatic carbocycles. The van der Waals surface area contributed by atoms with Crippen molar-refractivity contribution in [1.82, 2.24) is 5.32 Å². The van der Waals surface area contributed by atoms with Gasteiger partial charge < -0.3 is 10.1 Å². The molecule has 0 aliphatic rings. The van der Waals surface area contributed by atoms with E-state index in [2.05, 4.69) is 46.9 Å². The van der Waals surface area contributed by atoms with Crippen LogP contribution in [0.25, 0.3) is 0 Å². The van der Waals surface area contributed by atoms with Crippen LogP contribution >= 0.6 is 0 Å². The lowest BCUT2D eigenvalue weighted by Crippen LogP contribution is -2.42. The van der Waals surface area contributed by atoms with Gasteiger partial charge in [0, 0.05) is 19.7 Å². The molecule has 2 unspecified atom stereocenters. The lowest BCUT2D eigenvalue weighted by molar-refractivity contribution is 0.0836. The monoisotopic (exact) mass is 215 g/mol. The van der Waals surface area contributed by atoms with Gasteiger partial charge in [-0.25, -0.2) is 0 Å². The summed E-state index contributed by atoms with van der Waals surface area (Å²) in [6, 6.07) is 0.418. The lowest BCUT2D eigenvalue weighted by Gasteiger charge is -2.30. The summed E-state index contributed by atoms with van der Waals surface area (Å²) in [5.74, 6) is 0.761. The van der Waals surface area contributed by atoms with Crippen LogP contribution in [-0.4, -0.2) is 25.8 Å². The zero-order chi connectivity index (χ0) is 12.1. The molecule has 0 aromatic carbocycles. The predicted molar refractivity (Wildman–Crippen MR) is 67.2 cm³/mol. The van der Waals surface area contributed by atoms with Crippen LogP contribution in [0.2, 0.25) is 0 Å². The maximum Gasteiger partial charge on any atom is 0.0693 e. The van der Waals surface area contributed by atoms with Crippen LogP contribution < -0.4 is 5.32 Å². The fourth-order valence-corrected chi connectivity index (χ4v) is 1.98. The molecule has 92 valence electrons. The molecule has 2 heteroatoms. The van der Waals surface area contributed by atoms with Gasteiger partial charge in [0.25, 0.3) is 0 Å². The normalized spacial score (nSPS) is 16.8. The van der Waals surface area contributed by atoms with Crippen LogP contribution in [0.3, 0.4) is 0 Å². The number of hydrogen-bond donors (Lipinski definition) is 1. The average Bonchev–Trinajstić information content (AvgIpc) is 2.11. The summed E-state index contributed by atoms with van der Waals surface area (Å²) in [6.07, 6.45) is 1.54. The second-order valence-electron chi connectivity index (χ2n) is 5.87. The second kappa shape index (κ2) is 6.49. The molecule has 0 aromatic rings. The maximum atomic E-state index is 5.30. The van der Waals surface area contributed by atoms with Crippen LogP contribution in [-0.2, 0) is 4.74 Å². The van der Waals surface area contributed by atoms with Gasteiger partial charge in [0.1, 0.15) is 0 Å². The molecule has 0 heterocycles. The molecule has 0 radical (unpaired) electrons. The summed E-state index contributed by atoms with van der Waals surface area (Å²) in [5, 5.41) is 3.55. The van der Waals surface area contributed by atoms with Crippen LogP contribution in [0, 0.1) is 11.3 Å². The second-order valence-corrected chi connectivity index (χ2v) is 5.87. The molecule has 2 nitrogen and oxygen atoms in total. The largest absolute Gasteiger partial charge is 0.380 e. The van der Waals surface area contributed by atoms with E-state index in [0.717, 1.165) is 12.5 Å². The summed E-state index contributed by atoms with van der Waals surface area (Å²) in [7, 11) is 1.77. The number of methoxy groups -OCH3 is 1. The Kier molecular flexibility index (Phi) is 6.46. The Morgan fingerprint density at radius 3 is 2.07 bits per heavy atom. The first-order chi connectivity index (χ1) is 6.78. The Bertz CT molecular complexity index is 166. The van der Waals surface area contributed by atoms with Crippen molar-refractivity contribution < 1.29 is 4.74 Å². The summed E-state index contributed by atoms with van der Waals surface area (Å²) < 4.78 is 5.30. The van der Waals surface area contributed by atoms with Gasteiger partial charge in [0.15, 0.2) is 0 Å². The fourth-order valence-electron chi connectivity index (χ4n) is 1.98. The predicted octanol–water partition coefficient (Wildman–Crippen LogP) is 3.07. The number of hydrogen-bond acceptors (Lipinski definition) is 2. The van der Waals surface area contributed by atoms with Crippen LogP contribution in [0.4, 0.5) is 0 Å². The van der Waals surface area contributed by atoms with Gasteiger partial charge in [-0.1, -0.05) is 27.7 Å². The van der Waals surface area contributed by atoms with Crippen LogP contribution in [0.5, 0.6) is 0 Å². The minimum atomic E-state index is 0.278. The Balaban J connectivity index is 3.92. The first-order valence-corrected chi connectivity index (χ1v) is 6.04. The SMILES string of the molecule is COC(C)C(C)NCC(C)(C)CC(C)C. The summed E-state index contributed by atoms with van der Waals surface area (Å²) in [6.45, 7) is 14.5. The van der Waals surface area contributed by atoms with Crippen molar-refractivity contribution in [1.29, 1.82) is 0 Å². The molecule has 0 amide bonds. The highest BCUT2D eigenvalue weighted by molar-refractivity contribution is 4.77. The first-order valence-electron chi connectivity index (χ1n) is 6.04. The van der Waals surface area contributed by atoms with E-state index < -0.39 is 0 Å². The third kappa shape index (κ3) is 6.91. The van der Waals surface area contributed by atoms with Crippen molar-refractivity contribution in [2.45, 2.75) is 60.1 Å². The van der Waals surface area contributed by atoms with E-state index in [9.17, 15) is 0 Å². The van der Waals surface area contributed by atoms with Crippen molar-refractivity contribution in [3.8, 4) is 0 Å². The molecule has 0 aliphatic heterocycles. The van der Waals surface area contributed by atoms with E-state index in [4.69, 9.17) is 4.74 Å². The number of rotatable bonds is 7. The Morgan fingerprint density at radius 1 is 1.13 bits per heavy atom. The van der Waals surface area contributed by atoms with E-state index >= 15 is 0 Å². The summed E-state index contributed by atoms with van der Waals surface area (Å²) >= 11 is 0. The topological polar surface area (TPSA) is 21.3 Å². The average molecular weight is 215 g/mol. The van der Waals surface area contributed by atoms with Gasteiger partial charge in [-0.15, -0.1) is 0 Å². The first kappa shape index (κ1) is 14.9. The van der Waals surface area contributed by atoms with Crippen molar-refractivity contribution >= 4 is 0 Å². The molecule has 0 aromatic heterocycles. The van der Waals surface area contributed by atoms with Crippen LogP contribution in [0.15, 0.2) is 0 Å². The van der Waals surface area contributed by atoms with Crippen molar-refractivity contribution in [2.75, 3.05) is 13.7 Å². The highest BCUT2D eigenvalue weighted by Gasteiger charge is 2.21. The molecule has 0 spiro atoms. The smallest absolute Gasteiger partial charge is 0.0693 e. The van der Waals surface area contributed by atoms with E-state index in [1.165, 1.54) is 6.42 Å². The zero-order valence-electron chi connectivity index (χ0n) is 11.6. The minimum Gasteiger partial charge on any atom is -0.380 e. The third-order valence-electron chi connectivity index (χ3n) is 2.94. The molecule has 0 saturated heterocycles. The Hall–Kier alpha value is -0.0800. The molecule has 0 rings (SSSR count). The zero-order valence-corrected chi connectivity index (χ0v) is 11.6. The highest BCUT2D eigenvalue weighted by atomic mass is 16.5. The summed E-state index contributed by atoms with van der Waals surface area (Å²) in [4.78, 5) is 0. The Labute approximate surface area is 95.8 Å². The standard InChI is InChI=1S/C13H29NO/c1-10(2)8-13(5,6)9-14-11(3)12(4)15-7/h10-12,14H,8-9H2,1-7H3. The molecular weight excluding hydrogens is 186 g/mol. The number of nitrogens with one attached hydrogen (secondary N) is 1. The van der Waals surface area contributed by atoms with Crippen molar-refractivity contribution in [2.24, 2.45) is 11.3 Å². The van der Waals surface area contributed by atoms with Gasteiger partial charge in [-0.3, -0.25) is 0 Å². The van der Waals surface area contributed by atoms with Gasteiger partial charge in [-0.2, -0.15) is 0 Å². The van der Waals surface area contributed by atoms with Gasteiger partial charge in [0.05, 0.1) is 6.10 Å². The molecule has 0 saturated carbocycles. The highest BCUT2D eigenvalue weighted by Crippen LogP contribution is 2.24. The van der Waals surface area contributed by atoms with Gasteiger partial charge in [0.2, 0.25) is 0 Å². The lowest BCUT2D eigenvalue weighted by atomic mass is 9.84. The third-order valence-corrected chi connectivity index (χ3v) is 2.94. The molecule has 0 bridgehead atoms.